The van der Waals surface area contributed by atoms with Crippen LogP contribution in [0.2, 0.25) is 0 Å². The fourth-order valence-electron chi connectivity index (χ4n) is 2.94. The quantitative estimate of drug-likeness (QED) is 0.716. The molecular formula is C19H23N. The molecular weight excluding hydrogens is 242 g/mol. The van der Waals surface area contributed by atoms with Gasteiger partial charge in [-0.1, -0.05) is 55.5 Å². The lowest BCUT2D eigenvalue weighted by Crippen LogP contribution is -2.07. The summed E-state index contributed by atoms with van der Waals surface area (Å²) in [6.07, 6.45) is 2.58. The normalized spacial score (nSPS) is 13.8. The fraction of sp³-hybridized carbons (Fsp3) is 0.316. The van der Waals surface area contributed by atoms with E-state index in [1.807, 2.05) is 0 Å². The highest BCUT2D eigenvalue weighted by atomic mass is 14.4. The van der Waals surface area contributed by atoms with Gasteiger partial charge in [0.2, 0.25) is 0 Å². The molecule has 0 aliphatic carbocycles. The molecule has 0 heterocycles. The molecule has 0 bridgehead atoms. The minimum absolute atomic E-state index is 0.200. The molecule has 0 saturated heterocycles. The number of hydrogen-bond donors (Lipinski definition) is 1. The van der Waals surface area contributed by atoms with E-state index in [0.717, 1.165) is 6.42 Å². The van der Waals surface area contributed by atoms with Crippen molar-refractivity contribution >= 4 is 6.21 Å². The van der Waals surface area contributed by atoms with Crippen LogP contribution in [0.1, 0.15) is 47.4 Å². The summed E-state index contributed by atoms with van der Waals surface area (Å²) in [5.74, 6) is 0.660. The largest absolute Gasteiger partial charge is 0.312 e. The first-order valence-electron chi connectivity index (χ1n) is 7.25. The first-order valence-corrected chi connectivity index (χ1v) is 7.25. The summed E-state index contributed by atoms with van der Waals surface area (Å²) in [6.45, 7) is 6.56. The number of aryl methyl sites for hydroxylation is 2. The zero-order chi connectivity index (χ0) is 14.5. The minimum atomic E-state index is 0.200. The predicted octanol–water partition coefficient (Wildman–Crippen LogP) is 5.23. The first kappa shape index (κ1) is 14.5. The van der Waals surface area contributed by atoms with Crippen LogP contribution in [0.15, 0.2) is 48.5 Å². The van der Waals surface area contributed by atoms with Gasteiger partial charge in [0.15, 0.2) is 0 Å². The fourth-order valence-corrected chi connectivity index (χ4v) is 2.94. The maximum Gasteiger partial charge on any atom is 0.0194 e. The van der Waals surface area contributed by atoms with Crippen molar-refractivity contribution in [3.8, 4) is 0 Å². The molecule has 1 N–H and O–H groups in total. The van der Waals surface area contributed by atoms with Gasteiger partial charge < -0.3 is 5.41 Å². The lowest BCUT2D eigenvalue weighted by molar-refractivity contribution is 0.647. The second kappa shape index (κ2) is 6.51. The van der Waals surface area contributed by atoms with Gasteiger partial charge in [-0.05, 0) is 48.4 Å². The second-order valence-corrected chi connectivity index (χ2v) is 5.62. The molecule has 1 heteroatoms. The molecule has 0 aliphatic heterocycles. The van der Waals surface area contributed by atoms with Crippen molar-refractivity contribution in [2.24, 2.45) is 0 Å². The third kappa shape index (κ3) is 3.16. The highest BCUT2D eigenvalue weighted by Gasteiger charge is 2.17. The van der Waals surface area contributed by atoms with E-state index in [1.165, 1.54) is 22.3 Å². The molecule has 104 valence electrons. The van der Waals surface area contributed by atoms with Crippen molar-refractivity contribution in [3.63, 3.8) is 0 Å². The van der Waals surface area contributed by atoms with Crippen LogP contribution in [-0.4, -0.2) is 6.21 Å². The van der Waals surface area contributed by atoms with E-state index < -0.39 is 0 Å². The third-order valence-corrected chi connectivity index (χ3v) is 4.12. The topological polar surface area (TPSA) is 23.9 Å². The van der Waals surface area contributed by atoms with Crippen molar-refractivity contribution in [1.29, 1.82) is 5.41 Å². The van der Waals surface area contributed by atoms with Crippen LogP contribution in [0.5, 0.6) is 0 Å². The van der Waals surface area contributed by atoms with E-state index in [1.54, 1.807) is 6.21 Å². The van der Waals surface area contributed by atoms with Crippen molar-refractivity contribution in [2.75, 3.05) is 0 Å². The number of benzene rings is 2. The van der Waals surface area contributed by atoms with Gasteiger partial charge in [-0.3, -0.25) is 0 Å². The molecule has 20 heavy (non-hydrogen) atoms. The van der Waals surface area contributed by atoms with Crippen LogP contribution in [0, 0.1) is 19.3 Å². The van der Waals surface area contributed by atoms with Crippen LogP contribution in [0.4, 0.5) is 0 Å². The van der Waals surface area contributed by atoms with Gasteiger partial charge in [0.05, 0.1) is 0 Å². The SMILES string of the molecule is Cc1ccccc1C(C)CC(C=N)c1ccccc1C. The van der Waals surface area contributed by atoms with E-state index in [4.69, 9.17) is 5.41 Å². The Morgan fingerprint density at radius 2 is 1.40 bits per heavy atom. The molecule has 2 rings (SSSR count). The van der Waals surface area contributed by atoms with Gasteiger partial charge in [-0.25, -0.2) is 0 Å². The molecule has 2 aromatic rings. The van der Waals surface area contributed by atoms with Crippen molar-refractivity contribution in [2.45, 2.75) is 39.0 Å². The maximum absolute atomic E-state index is 7.78. The molecule has 0 saturated carbocycles. The van der Waals surface area contributed by atoms with Gasteiger partial charge in [-0.2, -0.15) is 0 Å². The number of hydrogen-bond acceptors (Lipinski definition) is 1. The molecule has 0 amide bonds. The Bertz CT molecular complexity index is 586. The van der Waals surface area contributed by atoms with Crippen LogP contribution in [0.25, 0.3) is 0 Å². The zero-order valence-corrected chi connectivity index (χ0v) is 12.6. The Morgan fingerprint density at radius 3 is 1.90 bits per heavy atom. The number of nitrogens with one attached hydrogen (secondary N) is 1. The molecule has 2 aromatic carbocycles. The average molecular weight is 265 g/mol. The van der Waals surface area contributed by atoms with E-state index in [0.29, 0.717) is 5.92 Å². The van der Waals surface area contributed by atoms with Crippen LogP contribution < -0.4 is 0 Å². The zero-order valence-electron chi connectivity index (χ0n) is 12.6. The van der Waals surface area contributed by atoms with Crippen LogP contribution in [-0.2, 0) is 0 Å². The lowest BCUT2D eigenvalue weighted by atomic mass is 9.84. The van der Waals surface area contributed by atoms with E-state index in [9.17, 15) is 0 Å². The molecule has 0 radical (unpaired) electrons. The van der Waals surface area contributed by atoms with Gasteiger partial charge in [0.1, 0.15) is 0 Å². The number of rotatable bonds is 5. The molecule has 1 nitrogen and oxygen atoms in total. The Morgan fingerprint density at radius 1 is 0.900 bits per heavy atom. The van der Waals surface area contributed by atoms with E-state index in [-0.39, 0.29) is 5.92 Å². The van der Waals surface area contributed by atoms with Gasteiger partial charge in [-0.15, -0.1) is 0 Å². The molecule has 2 atom stereocenters. The van der Waals surface area contributed by atoms with Crippen molar-refractivity contribution < 1.29 is 0 Å². The Hall–Kier alpha value is -1.89. The summed E-state index contributed by atoms with van der Waals surface area (Å²) < 4.78 is 0. The summed E-state index contributed by atoms with van der Waals surface area (Å²) in [4.78, 5) is 0. The van der Waals surface area contributed by atoms with E-state index >= 15 is 0 Å². The smallest absolute Gasteiger partial charge is 0.0194 e. The first-order chi connectivity index (χ1) is 9.63. The third-order valence-electron chi connectivity index (χ3n) is 4.12. The van der Waals surface area contributed by atoms with Crippen LogP contribution in [0.3, 0.4) is 0 Å². The molecule has 0 fully saturated rings. The predicted molar refractivity (Wildman–Crippen MR) is 86.9 cm³/mol. The van der Waals surface area contributed by atoms with Gasteiger partial charge in [0.25, 0.3) is 0 Å². The Labute approximate surface area is 122 Å². The summed E-state index contributed by atoms with van der Waals surface area (Å²) >= 11 is 0. The second-order valence-electron chi connectivity index (χ2n) is 5.62. The Kier molecular flexibility index (Phi) is 4.73. The van der Waals surface area contributed by atoms with Crippen molar-refractivity contribution in [1.82, 2.24) is 0 Å². The summed E-state index contributed by atoms with van der Waals surface area (Å²) in [5, 5.41) is 7.78. The minimum Gasteiger partial charge on any atom is -0.312 e. The molecule has 0 aromatic heterocycles. The highest BCUT2D eigenvalue weighted by molar-refractivity contribution is 5.66. The molecule has 0 spiro atoms. The summed E-state index contributed by atoms with van der Waals surface area (Å²) in [6, 6.07) is 17.0. The average Bonchev–Trinajstić information content (AvgIpc) is 2.46. The maximum atomic E-state index is 7.78. The summed E-state index contributed by atoms with van der Waals surface area (Å²) in [5.41, 5.74) is 5.29. The van der Waals surface area contributed by atoms with E-state index in [2.05, 4.69) is 69.3 Å². The van der Waals surface area contributed by atoms with Gasteiger partial charge in [0, 0.05) is 12.1 Å². The lowest BCUT2D eigenvalue weighted by Gasteiger charge is -2.21. The highest BCUT2D eigenvalue weighted by Crippen LogP contribution is 2.31. The van der Waals surface area contributed by atoms with Gasteiger partial charge >= 0.3 is 0 Å². The van der Waals surface area contributed by atoms with Crippen LogP contribution >= 0.6 is 0 Å². The Balaban J connectivity index is 2.21. The molecule has 0 aliphatic rings. The molecule has 2 unspecified atom stereocenters. The monoisotopic (exact) mass is 265 g/mol. The summed E-state index contributed by atoms with van der Waals surface area (Å²) in [7, 11) is 0. The van der Waals surface area contributed by atoms with Crippen molar-refractivity contribution in [3.05, 3.63) is 70.8 Å². The standard InChI is InChI=1S/C19H23N/c1-14-8-4-6-10-18(14)16(3)12-17(13-20)19-11-7-5-9-15(19)2/h4-11,13,16-17,20H,12H2,1-3H3.